The fraction of sp³-hybridized carbons (Fsp3) is 0.333. The van der Waals surface area contributed by atoms with E-state index in [1.165, 1.54) is 6.92 Å². The molecule has 2 atom stereocenters. The second-order valence-corrected chi connectivity index (χ2v) is 6.06. The van der Waals surface area contributed by atoms with Crippen LogP contribution in [0.5, 0.6) is 0 Å². The molecule has 0 saturated heterocycles. The van der Waals surface area contributed by atoms with E-state index in [0.717, 1.165) is 5.56 Å². The predicted molar refractivity (Wildman–Crippen MR) is 62.1 cm³/mol. The zero-order valence-corrected chi connectivity index (χ0v) is 10.8. The number of benzene rings is 1. The van der Waals surface area contributed by atoms with Crippen molar-refractivity contribution in [2.75, 3.05) is 0 Å². The molecule has 90 valence electrons. The van der Waals surface area contributed by atoms with Gasteiger partial charge in [0, 0.05) is 6.42 Å². The van der Waals surface area contributed by atoms with Gasteiger partial charge < -0.3 is 14.3 Å². The Morgan fingerprint density at radius 1 is 1.38 bits per heavy atom. The third kappa shape index (κ3) is 3.27. The largest absolute Gasteiger partial charge is 0.357 e. The molecule has 0 radical (unpaired) electrons. The third-order valence-corrected chi connectivity index (χ3v) is 4.60. The lowest BCUT2D eigenvalue weighted by atomic mass is 10.1. The maximum Gasteiger partial charge on any atom is 0.357 e. The van der Waals surface area contributed by atoms with E-state index in [4.69, 9.17) is 4.52 Å². The zero-order valence-electron chi connectivity index (χ0n) is 8.74. The third-order valence-electron chi connectivity index (χ3n) is 2.29. The molecule has 1 rings (SSSR count). The monoisotopic (exact) mass is 264 g/mol. The summed E-state index contributed by atoms with van der Waals surface area (Å²) in [5.41, 5.74) is 0.723. The molecular weight excluding hydrogens is 250 g/mol. The average molecular weight is 264 g/mol. The normalized spacial score (nSPS) is 16.4. The summed E-state index contributed by atoms with van der Waals surface area (Å²) in [4.78, 5) is 18.4. The highest BCUT2D eigenvalue weighted by Crippen LogP contribution is 2.54. The van der Waals surface area contributed by atoms with E-state index in [1.54, 1.807) is 30.3 Å². The molecule has 0 aliphatic rings. The van der Waals surface area contributed by atoms with Gasteiger partial charge in [-0.15, -0.1) is 0 Å². The predicted octanol–water partition coefficient (Wildman–Crippen LogP) is 1.81. The van der Waals surface area contributed by atoms with Gasteiger partial charge in [-0.05, 0) is 12.5 Å². The number of hydrogen-bond donors (Lipinski definition) is 2. The second-order valence-electron chi connectivity index (χ2n) is 3.60. The minimum absolute atomic E-state index is 0.0212. The van der Waals surface area contributed by atoms with Crippen LogP contribution in [0.4, 0.5) is 0 Å². The van der Waals surface area contributed by atoms with Crippen LogP contribution >= 0.6 is 16.3 Å². The van der Waals surface area contributed by atoms with Crippen LogP contribution < -0.4 is 0 Å². The van der Waals surface area contributed by atoms with Gasteiger partial charge in [0.15, 0.2) is 14.0 Å². The summed E-state index contributed by atoms with van der Waals surface area (Å²) in [5.74, 6) is 0. The molecule has 0 bridgehead atoms. The van der Waals surface area contributed by atoms with E-state index < -0.39 is 21.6 Å². The SMILES string of the molecule is CC(Cc1ccccc1)(O[PH2]=O)P(=O)(O)O. The zero-order chi connectivity index (χ0) is 12.2. The van der Waals surface area contributed by atoms with Crippen molar-refractivity contribution in [1.29, 1.82) is 0 Å². The van der Waals surface area contributed by atoms with Crippen LogP contribution in [0, 0.1) is 0 Å². The van der Waals surface area contributed by atoms with Gasteiger partial charge >= 0.3 is 7.60 Å². The van der Waals surface area contributed by atoms with Gasteiger partial charge in [-0.3, -0.25) is 9.13 Å². The Hall–Kier alpha value is -0.440. The van der Waals surface area contributed by atoms with Gasteiger partial charge in [-0.25, -0.2) is 0 Å². The van der Waals surface area contributed by atoms with Crippen molar-refractivity contribution in [3.8, 4) is 0 Å². The molecule has 1 aromatic rings. The summed E-state index contributed by atoms with van der Waals surface area (Å²) in [5, 5.41) is -1.72. The fourth-order valence-corrected chi connectivity index (χ4v) is 2.65. The van der Waals surface area contributed by atoms with Crippen molar-refractivity contribution in [3.63, 3.8) is 0 Å². The lowest BCUT2D eigenvalue weighted by Gasteiger charge is -2.28. The molecule has 2 N–H and O–H groups in total. The quantitative estimate of drug-likeness (QED) is 0.792. The molecule has 0 fully saturated rings. The topological polar surface area (TPSA) is 83.8 Å². The first-order valence-electron chi connectivity index (χ1n) is 4.60. The summed E-state index contributed by atoms with van der Waals surface area (Å²) < 4.78 is 26.6. The summed E-state index contributed by atoms with van der Waals surface area (Å²) in [6, 6.07) is 8.80. The van der Waals surface area contributed by atoms with Crippen molar-refractivity contribution in [2.45, 2.75) is 18.7 Å². The van der Waals surface area contributed by atoms with Crippen LogP contribution in [0.25, 0.3) is 0 Å². The minimum Gasteiger partial charge on any atom is -0.322 e. The molecular formula is C9H14O5P2. The highest BCUT2D eigenvalue weighted by atomic mass is 31.2. The van der Waals surface area contributed by atoms with Crippen molar-refractivity contribution < 1.29 is 23.4 Å². The van der Waals surface area contributed by atoms with Crippen LogP contribution in [0.15, 0.2) is 30.3 Å². The summed E-state index contributed by atoms with van der Waals surface area (Å²) in [7, 11) is -6.14. The maximum absolute atomic E-state index is 11.3. The molecule has 1 aromatic carbocycles. The average Bonchev–Trinajstić information content (AvgIpc) is 2.17. The maximum atomic E-state index is 11.3. The van der Waals surface area contributed by atoms with Crippen LogP contribution in [-0.4, -0.2) is 15.1 Å². The van der Waals surface area contributed by atoms with Crippen LogP contribution in [-0.2, 0) is 20.1 Å². The number of hydrogen-bond acceptors (Lipinski definition) is 3. The number of rotatable bonds is 5. The van der Waals surface area contributed by atoms with Gasteiger partial charge in [0.1, 0.15) is 0 Å². The van der Waals surface area contributed by atoms with Crippen molar-refractivity contribution in [3.05, 3.63) is 35.9 Å². The van der Waals surface area contributed by atoms with Gasteiger partial charge in [-0.1, -0.05) is 30.3 Å². The minimum atomic E-state index is -4.47. The van der Waals surface area contributed by atoms with Crippen LogP contribution in [0.3, 0.4) is 0 Å². The van der Waals surface area contributed by atoms with E-state index >= 15 is 0 Å². The van der Waals surface area contributed by atoms with Crippen LogP contribution in [0.2, 0.25) is 0 Å². The Bertz CT molecular complexity index is 402. The van der Waals surface area contributed by atoms with E-state index in [0.29, 0.717) is 0 Å². The smallest absolute Gasteiger partial charge is 0.322 e. The summed E-state index contributed by atoms with van der Waals surface area (Å²) in [6.07, 6.45) is 0.0212. The highest BCUT2D eigenvalue weighted by Gasteiger charge is 2.43. The first kappa shape index (κ1) is 13.6. The van der Waals surface area contributed by atoms with E-state index in [-0.39, 0.29) is 6.42 Å². The molecule has 0 saturated carbocycles. The molecule has 16 heavy (non-hydrogen) atoms. The Morgan fingerprint density at radius 2 is 1.94 bits per heavy atom. The van der Waals surface area contributed by atoms with E-state index in [9.17, 15) is 18.9 Å². The highest BCUT2D eigenvalue weighted by molar-refractivity contribution is 7.53. The van der Waals surface area contributed by atoms with E-state index in [2.05, 4.69) is 0 Å². The Balaban J connectivity index is 2.97. The van der Waals surface area contributed by atoms with Gasteiger partial charge in [-0.2, -0.15) is 0 Å². The molecule has 5 nitrogen and oxygen atoms in total. The molecule has 7 heteroatoms. The molecule has 2 unspecified atom stereocenters. The lowest BCUT2D eigenvalue weighted by molar-refractivity contribution is 0.150. The molecule has 0 aliphatic carbocycles. The van der Waals surface area contributed by atoms with Crippen LogP contribution in [0.1, 0.15) is 12.5 Å². The molecule has 0 spiro atoms. The first-order valence-corrected chi connectivity index (χ1v) is 7.15. The first-order chi connectivity index (χ1) is 7.39. The van der Waals surface area contributed by atoms with Crippen molar-refractivity contribution >= 4 is 16.3 Å². The van der Waals surface area contributed by atoms with Gasteiger partial charge in [0.25, 0.3) is 0 Å². The molecule has 0 aliphatic heterocycles. The Morgan fingerprint density at radius 3 is 2.38 bits per heavy atom. The fourth-order valence-electron chi connectivity index (χ4n) is 1.29. The molecule has 0 amide bonds. The van der Waals surface area contributed by atoms with E-state index in [1.807, 2.05) is 0 Å². The van der Waals surface area contributed by atoms with Crippen molar-refractivity contribution in [2.24, 2.45) is 0 Å². The molecule has 0 aromatic heterocycles. The molecule has 0 heterocycles. The van der Waals surface area contributed by atoms with Crippen molar-refractivity contribution in [1.82, 2.24) is 0 Å². The van der Waals surface area contributed by atoms with Gasteiger partial charge in [0.05, 0.1) is 0 Å². The summed E-state index contributed by atoms with van der Waals surface area (Å²) >= 11 is 0. The second kappa shape index (κ2) is 5.26. The van der Waals surface area contributed by atoms with Gasteiger partial charge in [0.2, 0.25) is 0 Å². The Labute approximate surface area is 94.9 Å². The lowest BCUT2D eigenvalue weighted by Crippen LogP contribution is -2.28. The summed E-state index contributed by atoms with van der Waals surface area (Å²) in [6.45, 7) is 1.27. The standard InChI is InChI=1S/C9H14O5P2/c1-9(14-15-10,16(11,12)13)7-8-5-3-2-4-6-8/h2-6H,7,15H2,1H3,(H2,11,12,13). The Kier molecular flexibility index (Phi) is 4.48.